The second-order valence-corrected chi connectivity index (χ2v) is 6.70. The van der Waals surface area contributed by atoms with Crippen LogP contribution in [-0.4, -0.2) is 56.1 Å². The van der Waals surface area contributed by atoms with Crippen LogP contribution in [-0.2, 0) is 12.8 Å². The maximum absolute atomic E-state index is 3.69. The molecule has 0 saturated carbocycles. The van der Waals surface area contributed by atoms with Gasteiger partial charge < -0.3 is 10.2 Å². The van der Waals surface area contributed by atoms with Crippen molar-refractivity contribution in [2.45, 2.75) is 32.2 Å². The molecule has 3 nitrogen and oxygen atoms in total. The Bertz CT molecular complexity index is 464. The maximum Gasteiger partial charge on any atom is 0.0292 e. The second kappa shape index (κ2) is 6.91. The van der Waals surface area contributed by atoms with Crippen LogP contribution in [0, 0.1) is 0 Å². The smallest absolute Gasteiger partial charge is 0.0292 e. The zero-order valence-corrected chi connectivity index (χ0v) is 13.6. The molecule has 3 rings (SSSR count). The average molecular weight is 287 g/mol. The molecule has 1 aliphatic carbocycles. The number of nitrogens with one attached hydrogen (secondary N) is 1. The fraction of sp³-hybridized carbons (Fsp3) is 0.667. The van der Waals surface area contributed by atoms with Gasteiger partial charge in [0.15, 0.2) is 0 Å². The minimum atomic E-state index is 0.461. The van der Waals surface area contributed by atoms with Gasteiger partial charge in [0, 0.05) is 45.3 Å². The lowest BCUT2D eigenvalue weighted by Gasteiger charge is -2.32. The minimum Gasteiger partial charge on any atom is -0.309 e. The molecular weight excluding hydrogens is 258 g/mol. The van der Waals surface area contributed by atoms with E-state index in [-0.39, 0.29) is 0 Å². The number of hydrogen-bond donors (Lipinski definition) is 1. The van der Waals surface area contributed by atoms with E-state index >= 15 is 0 Å². The average Bonchev–Trinajstić information content (AvgIpc) is 2.96. The Balaban J connectivity index is 1.45. The first-order valence-corrected chi connectivity index (χ1v) is 8.48. The van der Waals surface area contributed by atoms with Gasteiger partial charge in [-0.3, -0.25) is 4.90 Å². The van der Waals surface area contributed by atoms with Crippen LogP contribution in [0.3, 0.4) is 0 Å². The lowest BCUT2D eigenvalue weighted by atomic mass is 10.0. The number of rotatable bonds is 5. The standard InChI is InChI=1S/C18H29N3/c1-15(17-7-6-16-4-3-5-18(16)14-17)19-8-9-21-12-10-20(2)11-13-21/h6-7,14-15,19H,3-5,8-13H2,1-2H3. The molecule has 0 radical (unpaired) electrons. The van der Waals surface area contributed by atoms with Crippen LogP contribution in [0.5, 0.6) is 0 Å². The predicted molar refractivity (Wildman–Crippen MR) is 88.8 cm³/mol. The first-order chi connectivity index (χ1) is 10.2. The fourth-order valence-electron chi connectivity index (χ4n) is 3.49. The molecule has 1 fully saturated rings. The number of aryl methyl sites for hydroxylation is 2. The second-order valence-electron chi connectivity index (χ2n) is 6.70. The van der Waals surface area contributed by atoms with Crippen molar-refractivity contribution in [2.75, 3.05) is 46.3 Å². The Kier molecular flexibility index (Phi) is 4.94. The molecular formula is C18H29N3. The van der Waals surface area contributed by atoms with Gasteiger partial charge in [-0.05, 0) is 49.9 Å². The zero-order valence-electron chi connectivity index (χ0n) is 13.6. The van der Waals surface area contributed by atoms with Gasteiger partial charge in [0.25, 0.3) is 0 Å². The van der Waals surface area contributed by atoms with Crippen molar-refractivity contribution in [3.05, 3.63) is 34.9 Å². The summed E-state index contributed by atoms with van der Waals surface area (Å²) in [5, 5.41) is 3.69. The Morgan fingerprint density at radius 3 is 2.67 bits per heavy atom. The van der Waals surface area contributed by atoms with E-state index in [1.165, 1.54) is 57.5 Å². The highest BCUT2D eigenvalue weighted by molar-refractivity contribution is 5.36. The van der Waals surface area contributed by atoms with E-state index in [4.69, 9.17) is 0 Å². The number of likely N-dealkylation sites (N-methyl/N-ethyl adjacent to an activating group) is 1. The third-order valence-electron chi connectivity index (χ3n) is 5.10. The number of piperazine rings is 1. The summed E-state index contributed by atoms with van der Waals surface area (Å²) in [4.78, 5) is 4.99. The number of hydrogen-bond acceptors (Lipinski definition) is 3. The monoisotopic (exact) mass is 287 g/mol. The Morgan fingerprint density at radius 2 is 1.86 bits per heavy atom. The maximum atomic E-state index is 3.69. The summed E-state index contributed by atoms with van der Waals surface area (Å²) in [5.41, 5.74) is 4.61. The summed E-state index contributed by atoms with van der Waals surface area (Å²) in [5.74, 6) is 0. The van der Waals surface area contributed by atoms with Crippen LogP contribution in [0.1, 0.15) is 36.1 Å². The summed E-state index contributed by atoms with van der Waals surface area (Å²) in [7, 11) is 2.21. The van der Waals surface area contributed by atoms with Crippen molar-refractivity contribution < 1.29 is 0 Å². The largest absolute Gasteiger partial charge is 0.309 e. The van der Waals surface area contributed by atoms with Gasteiger partial charge >= 0.3 is 0 Å². The predicted octanol–water partition coefficient (Wildman–Crippen LogP) is 2.07. The lowest BCUT2D eigenvalue weighted by Crippen LogP contribution is -2.46. The quantitative estimate of drug-likeness (QED) is 0.894. The van der Waals surface area contributed by atoms with Crippen LogP contribution in [0.4, 0.5) is 0 Å². The van der Waals surface area contributed by atoms with Crippen LogP contribution in [0.25, 0.3) is 0 Å². The van der Waals surface area contributed by atoms with Gasteiger partial charge in [-0.15, -0.1) is 0 Å². The van der Waals surface area contributed by atoms with Gasteiger partial charge in [-0.1, -0.05) is 18.2 Å². The van der Waals surface area contributed by atoms with E-state index in [2.05, 4.69) is 47.3 Å². The molecule has 1 unspecified atom stereocenters. The molecule has 1 aromatic rings. The van der Waals surface area contributed by atoms with Crippen molar-refractivity contribution in [1.29, 1.82) is 0 Å². The third-order valence-corrected chi connectivity index (χ3v) is 5.10. The van der Waals surface area contributed by atoms with Crippen molar-refractivity contribution >= 4 is 0 Å². The summed E-state index contributed by atoms with van der Waals surface area (Å²) in [6.07, 6.45) is 3.89. The molecule has 1 aromatic carbocycles. The molecule has 1 N–H and O–H groups in total. The summed E-state index contributed by atoms with van der Waals surface area (Å²) < 4.78 is 0. The molecule has 1 saturated heterocycles. The summed E-state index contributed by atoms with van der Waals surface area (Å²) >= 11 is 0. The van der Waals surface area contributed by atoms with Crippen LogP contribution < -0.4 is 5.32 Å². The van der Waals surface area contributed by atoms with Crippen LogP contribution in [0.15, 0.2) is 18.2 Å². The summed E-state index contributed by atoms with van der Waals surface area (Å²) in [6.45, 7) is 9.39. The SMILES string of the molecule is CC(NCCN1CCN(C)CC1)c1ccc2c(c1)CCC2. The molecule has 0 aromatic heterocycles. The van der Waals surface area contributed by atoms with Crippen LogP contribution in [0.2, 0.25) is 0 Å². The van der Waals surface area contributed by atoms with Crippen LogP contribution >= 0.6 is 0 Å². The third kappa shape index (κ3) is 3.85. The van der Waals surface area contributed by atoms with Gasteiger partial charge in [-0.2, -0.15) is 0 Å². The Labute approximate surface area is 129 Å². The van der Waals surface area contributed by atoms with E-state index in [1.807, 2.05) is 0 Å². The normalized spacial score (nSPS) is 21.4. The van der Waals surface area contributed by atoms with Crippen molar-refractivity contribution in [3.63, 3.8) is 0 Å². The molecule has 0 spiro atoms. The van der Waals surface area contributed by atoms with Crippen molar-refractivity contribution in [2.24, 2.45) is 0 Å². The summed E-state index contributed by atoms with van der Waals surface area (Å²) in [6, 6.07) is 7.55. The first-order valence-electron chi connectivity index (χ1n) is 8.48. The molecule has 1 aliphatic heterocycles. The molecule has 3 heteroatoms. The molecule has 0 bridgehead atoms. The molecule has 116 valence electrons. The minimum absolute atomic E-state index is 0.461. The first kappa shape index (κ1) is 15.0. The van der Waals surface area contributed by atoms with E-state index in [1.54, 1.807) is 11.1 Å². The highest BCUT2D eigenvalue weighted by Crippen LogP contribution is 2.25. The highest BCUT2D eigenvalue weighted by Gasteiger charge is 2.15. The van der Waals surface area contributed by atoms with Crippen molar-refractivity contribution in [3.8, 4) is 0 Å². The number of fused-ring (bicyclic) bond motifs is 1. The van der Waals surface area contributed by atoms with E-state index in [0.717, 1.165) is 6.54 Å². The van der Waals surface area contributed by atoms with Gasteiger partial charge in [0.1, 0.15) is 0 Å². The van der Waals surface area contributed by atoms with E-state index in [0.29, 0.717) is 6.04 Å². The fourth-order valence-corrected chi connectivity index (χ4v) is 3.49. The number of nitrogens with zero attached hydrogens (tertiary/aromatic N) is 2. The molecule has 1 atom stereocenters. The van der Waals surface area contributed by atoms with E-state index < -0.39 is 0 Å². The van der Waals surface area contributed by atoms with Gasteiger partial charge in [-0.25, -0.2) is 0 Å². The van der Waals surface area contributed by atoms with Crippen molar-refractivity contribution in [1.82, 2.24) is 15.1 Å². The Morgan fingerprint density at radius 1 is 1.10 bits per heavy atom. The van der Waals surface area contributed by atoms with Gasteiger partial charge in [0.2, 0.25) is 0 Å². The van der Waals surface area contributed by atoms with Gasteiger partial charge in [0.05, 0.1) is 0 Å². The molecule has 21 heavy (non-hydrogen) atoms. The molecule has 2 aliphatic rings. The highest BCUT2D eigenvalue weighted by atomic mass is 15.2. The lowest BCUT2D eigenvalue weighted by molar-refractivity contribution is 0.154. The molecule has 0 amide bonds. The topological polar surface area (TPSA) is 18.5 Å². The van der Waals surface area contributed by atoms with E-state index in [9.17, 15) is 0 Å². The Hall–Kier alpha value is -0.900. The zero-order chi connectivity index (χ0) is 14.7. The molecule has 1 heterocycles. The number of benzene rings is 1.